The number of aromatic nitrogens is 2. The summed E-state index contributed by atoms with van der Waals surface area (Å²) < 4.78 is 68.6. The lowest BCUT2D eigenvalue weighted by atomic mass is 10.1. The lowest BCUT2D eigenvalue weighted by molar-refractivity contribution is -0.159. The van der Waals surface area contributed by atoms with E-state index in [2.05, 4.69) is 20.0 Å². The Labute approximate surface area is 164 Å². The first-order valence-corrected chi connectivity index (χ1v) is 8.75. The molecule has 7 nitrogen and oxygen atoms in total. The summed E-state index contributed by atoms with van der Waals surface area (Å²) in [4.78, 5) is 28.1. The summed E-state index contributed by atoms with van der Waals surface area (Å²) >= 11 is 0. The molecule has 12 heteroatoms. The third-order valence-electron chi connectivity index (χ3n) is 4.72. The molecule has 0 atom stereocenters. The van der Waals surface area contributed by atoms with Gasteiger partial charge >= 0.3 is 12.1 Å². The van der Waals surface area contributed by atoms with Crippen molar-refractivity contribution >= 4 is 11.4 Å². The summed E-state index contributed by atoms with van der Waals surface area (Å²) in [6, 6.07) is 6.04. The highest BCUT2D eigenvalue weighted by Gasteiger charge is 2.41. The minimum Gasteiger partial charge on any atom is -0.376 e. The number of alkyl halides is 5. The van der Waals surface area contributed by atoms with Crippen LogP contribution in [-0.4, -0.2) is 29.2 Å². The fourth-order valence-corrected chi connectivity index (χ4v) is 3.19. The fraction of sp³-hybridized carbons (Fsp3) is 0.333. The molecule has 1 aliphatic heterocycles. The number of hydrogen-bond donors (Lipinski definition) is 1. The van der Waals surface area contributed by atoms with E-state index in [4.69, 9.17) is 0 Å². The monoisotopic (exact) mass is 428 g/mol. The lowest BCUT2D eigenvalue weighted by Crippen LogP contribution is -2.42. The van der Waals surface area contributed by atoms with Gasteiger partial charge < -0.3 is 14.7 Å². The Morgan fingerprint density at radius 3 is 2.40 bits per heavy atom. The van der Waals surface area contributed by atoms with Crippen LogP contribution in [0.25, 0.3) is 11.4 Å². The van der Waals surface area contributed by atoms with Gasteiger partial charge in [-0.2, -0.15) is 18.2 Å². The SMILES string of the molecule is O=c1c(NCc2ccc(-c3noc(C(F)(F)F)n3)cc2)c(N2CCC(F)(F)C2)c1=O. The van der Waals surface area contributed by atoms with Crippen molar-refractivity contribution in [1.29, 1.82) is 0 Å². The Kier molecular flexibility index (Phi) is 4.59. The zero-order valence-corrected chi connectivity index (χ0v) is 15.1. The van der Waals surface area contributed by atoms with Gasteiger partial charge in [0.2, 0.25) is 5.82 Å². The maximum Gasteiger partial charge on any atom is 0.471 e. The Morgan fingerprint density at radius 2 is 1.83 bits per heavy atom. The minimum absolute atomic E-state index is 0.0187. The standard InChI is InChI=1S/C18H13F5N4O3/c19-17(20)5-6-27(8-17)12-11(13(28)14(12)29)24-7-9-1-3-10(4-2-9)15-25-16(30-26-15)18(21,22)23/h1-4,24H,5-8H2. The second kappa shape index (κ2) is 6.89. The number of hydrogen-bond acceptors (Lipinski definition) is 7. The largest absolute Gasteiger partial charge is 0.471 e. The number of benzene rings is 1. The van der Waals surface area contributed by atoms with Crippen LogP contribution < -0.4 is 21.1 Å². The summed E-state index contributed by atoms with van der Waals surface area (Å²) in [6.07, 6.45) is -5.13. The zero-order valence-electron chi connectivity index (χ0n) is 15.1. The van der Waals surface area contributed by atoms with Crippen LogP contribution in [0.2, 0.25) is 0 Å². The average Bonchev–Trinajstić information content (AvgIpc) is 3.31. The number of nitrogens with zero attached hydrogens (tertiary/aromatic N) is 3. The van der Waals surface area contributed by atoms with Gasteiger partial charge in [-0.15, -0.1) is 0 Å². The van der Waals surface area contributed by atoms with Crippen molar-refractivity contribution in [2.24, 2.45) is 0 Å². The van der Waals surface area contributed by atoms with Crippen LogP contribution in [0.4, 0.5) is 33.3 Å². The van der Waals surface area contributed by atoms with E-state index in [9.17, 15) is 31.5 Å². The molecule has 30 heavy (non-hydrogen) atoms. The third-order valence-corrected chi connectivity index (χ3v) is 4.72. The quantitative estimate of drug-likeness (QED) is 0.494. The van der Waals surface area contributed by atoms with E-state index in [-0.39, 0.29) is 35.9 Å². The first-order valence-electron chi connectivity index (χ1n) is 8.75. The molecule has 0 bridgehead atoms. The zero-order chi connectivity index (χ0) is 21.7. The number of rotatable bonds is 5. The Balaban J connectivity index is 1.45. The van der Waals surface area contributed by atoms with E-state index >= 15 is 0 Å². The molecule has 0 saturated carbocycles. The highest BCUT2D eigenvalue weighted by molar-refractivity contribution is 5.75. The molecule has 0 unspecified atom stereocenters. The van der Waals surface area contributed by atoms with Crippen LogP contribution in [0.1, 0.15) is 17.9 Å². The number of anilines is 2. The summed E-state index contributed by atoms with van der Waals surface area (Å²) in [5.74, 6) is -4.60. The molecule has 1 fully saturated rings. The predicted molar refractivity (Wildman–Crippen MR) is 95.2 cm³/mol. The summed E-state index contributed by atoms with van der Waals surface area (Å²) in [6.45, 7) is -0.542. The van der Waals surface area contributed by atoms with E-state index in [1.165, 1.54) is 17.0 Å². The molecular formula is C18H13F5N4O3. The molecule has 158 valence electrons. The van der Waals surface area contributed by atoms with Crippen LogP contribution in [0.3, 0.4) is 0 Å². The van der Waals surface area contributed by atoms with Crippen LogP contribution >= 0.6 is 0 Å². The van der Waals surface area contributed by atoms with Gasteiger partial charge in [0, 0.05) is 25.1 Å². The van der Waals surface area contributed by atoms with Gasteiger partial charge in [0.25, 0.3) is 16.8 Å². The van der Waals surface area contributed by atoms with E-state index in [1.54, 1.807) is 12.1 Å². The summed E-state index contributed by atoms with van der Waals surface area (Å²) in [7, 11) is 0. The Bertz CT molecular complexity index is 1150. The van der Waals surface area contributed by atoms with E-state index in [1.807, 2.05) is 0 Å². The molecule has 3 aromatic rings. The average molecular weight is 428 g/mol. The second-order valence-corrected chi connectivity index (χ2v) is 6.88. The molecule has 1 saturated heterocycles. The van der Waals surface area contributed by atoms with Crippen molar-refractivity contribution in [1.82, 2.24) is 10.1 Å². The number of halogens is 5. The molecular weight excluding hydrogens is 415 g/mol. The predicted octanol–water partition coefficient (Wildman–Crippen LogP) is 2.81. The Hall–Kier alpha value is -3.31. The van der Waals surface area contributed by atoms with Gasteiger partial charge in [0.05, 0.1) is 6.54 Å². The fourth-order valence-electron chi connectivity index (χ4n) is 3.19. The third kappa shape index (κ3) is 3.64. The molecule has 1 N–H and O–H groups in total. The van der Waals surface area contributed by atoms with Crippen LogP contribution in [0.15, 0.2) is 38.4 Å². The summed E-state index contributed by atoms with van der Waals surface area (Å²) in [5.41, 5.74) is -0.724. The van der Waals surface area contributed by atoms with E-state index < -0.39 is 41.8 Å². The van der Waals surface area contributed by atoms with Gasteiger partial charge in [0.1, 0.15) is 11.4 Å². The molecule has 0 amide bonds. The molecule has 1 aliphatic rings. The first-order chi connectivity index (χ1) is 14.0. The lowest BCUT2D eigenvalue weighted by Gasteiger charge is -2.23. The van der Waals surface area contributed by atoms with Gasteiger partial charge in [-0.3, -0.25) is 9.59 Å². The highest BCUT2D eigenvalue weighted by Crippen LogP contribution is 2.33. The molecule has 2 heterocycles. The van der Waals surface area contributed by atoms with Crippen LogP contribution in [-0.2, 0) is 12.7 Å². The smallest absolute Gasteiger partial charge is 0.376 e. The normalized spacial score (nSPS) is 16.4. The maximum atomic E-state index is 13.4. The van der Waals surface area contributed by atoms with E-state index in [0.29, 0.717) is 5.56 Å². The van der Waals surface area contributed by atoms with Crippen molar-refractivity contribution in [3.05, 3.63) is 56.2 Å². The van der Waals surface area contributed by atoms with Gasteiger partial charge in [-0.05, 0) is 5.56 Å². The van der Waals surface area contributed by atoms with Crippen LogP contribution in [0.5, 0.6) is 0 Å². The van der Waals surface area contributed by atoms with Crippen molar-refractivity contribution in [2.75, 3.05) is 23.3 Å². The van der Waals surface area contributed by atoms with Crippen molar-refractivity contribution in [3.8, 4) is 11.4 Å². The van der Waals surface area contributed by atoms with Crippen LogP contribution in [0, 0.1) is 0 Å². The molecule has 2 aromatic carbocycles. The molecule has 4 rings (SSSR count). The van der Waals surface area contributed by atoms with Gasteiger partial charge in [0.15, 0.2) is 0 Å². The van der Waals surface area contributed by atoms with Crippen molar-refractivity contribution in [2.45, 2.75) is 25.1 Å². The maximum absolute atomic E-state index is 13.4. The summed E-state index contributed by atoms with van der Waals surface area (Å²) in [5, 5.41) is 6.06. The topological polar surface area (TPSA) is 88.3 Å². The molecule has 0 spiro atoms. The second-order valence-electron chi connectivity index (χ2n) is 6.88. The van der Waals surface area contributed by atoms with E-state index in [0.717, 1.165) is 0 Å². The molecule has 1 aromatic heterocycles. The minimum atomic E-state index is -4.74. The van der Waals surface area contributed by atoms with Crippen molar-refractivity contribution < 1.29 is 26.5 Å². The van der Waals surface area contributed by atoms with Gasteiger partial charge in [-0.1, -0.05) is 29.4 Å². The molecule has 0 aliphatic carbocycles. The number of nitrogens with one attached hydrogen (secondary N) is 1. The first kappa shape index (κ1) is 20.0. The Morgan fingerprint density at radius 1 is 1.13 bits per heavy atom. The van der Waals surface area contributed by atoms with Gasteiger partial charge in [-0.25, -0.2) is 8.78 Å². The highest BCUT2D eigenvalue weighted by atomic mass is 19.4. The van der Waals surface area contributed by atoms with Crippen molar-refractivity contribution in [3.63, 3.8) is 0 Å². The molecule has 0 radical (unpaired) electrons.